The summed E-state index contributed by atoms with van der Waals surface area (Å²) in [6, 6.07) is 0. The molecule has 0 amide bonds. The van der Waals surface area contributed by atoms with Crippen molar-refractivity contribution in [1.82, 2.24) is 9.13 Å². The minimum atomic E-state index is -6.23. The van der Waals surface area contributed by atoms with Crippen molar-refractivity contribution in [2.75, 3.05) is 0 Å². The van der Waals surface area contributed by atoms with Gasteiger partial charge in [-0.1, -0.05) is 168 Å². The number of hydrogen-bond donors (Lipinski definition) is 0. The number of unbranched alkanes of at least 4 members (excludes halogenated alkanes) is 26. The van der Waals surface area contributed by atoms with E-state index in [4.69, 9.17) is 0 Å². The van der Waals surface area contributed by atoms with Gasteiger partial charge in [0.15, 0.2) is 10.1 Å². The lowest BCUT2D eigenvalue weighted by Gasteiger charge is -2.17. The summed E-state index contributed by atoms with van der Waals surface area (Å²) in [7, 11) is -2.06. The maximum absolute atomic E-state index is 11.4. The molecule has 2 aromatic rings. The third-order valence-corrected chi connectivity index (χ3v) is 10.6. The third kappa shape index (κ3) is 33.1. The number of aryl methyl sites for hydroxylation is 4. The number of nitrogens with zero attached hydrogens (tertiary/aromatic N) is 4. The van der Waals surface area contributed by atoms with Gasteiger partial charge in [-0.05, 0) is 25.7 Å². The van der Waals surface area contributed by atoms with Gasteiger partial charge in [0.25, 0.3) is 0 Å². The summed E-state index contributed by atoms with van der Waals surface area (Å²) < 4.78 is 81.5. The topological polar surface area (TPSA) is 74.8 Å². The molecule has 0 aromatic carbocycles. The summed E-state index contributed by atoms with van der Waals surface area (Å²) in [5.74, 6) is 0. The van der Waals surface area contributed by atoms with Crippen LogP contribution in [0.1, 0.15) is 194 Å². The first-order chi connectivity index (χ1) is 25.8. The van der Waals surface area contributed by atoms with Gasteiger partial charge in [-0.2, -0.15) is 8.78 Å². The van der Waals surface area contributed by atoms with Crippen LogP contribution in [0.5, 0.6) is 0 Å². The predicted octanol–water partition coefficient (Wildman–Crippen LogP) is 8.98. The molecule has 0 atom stereocenters. The molecule has 0 unspecified atom stereocenters. The van der Waals surface area contributed by atoms with Gasteiger partial charge >= 0.3 is 11.7 Å². The Balaban J connectivity index is 0. The van der Waals surface area contributed by atoms with Crippen molar-refractivity contribution < 1.29 is 52.1 Å². The highest BCUT2D eigenvalue weighted by Crippen LogP contribution is 2.27. The second kappa shape index (κ2) is 36.7. The van der Waals surface area contributed by atoms with Gasteiger partial charge < -0.3 is 17.0 Å². The number of halogens is 5. The Bertz CT molecular complexity index is 1150. The van der Waals surface area contributed by atoms with E-state index < -0.39 is 21.8 Å². The highest BCUT2D eigenvalue weighted by Gasteiger charge is 2.48. The molecule has 0 aliphatic carbocycles. The Morgan fingerprint density at radius 1 is 0.527 bits per heavy atom. The molecule has 2 heterocycles. The van der Waals surface area contributed by atoms with Gasteiger partial charge in [-0.25, -0.2) is 35.5 Å². The molecule has 0 saturated heterocycles. The van der Waals surface area contributed by atoms with Crippen LogP contribution >= 0.6 is 0 Å². The molecule has 0 spiro atoms. The summed E-state index contributed by atoms with van der Waals surface area (Å²) in [4.78, 5) is 0. The normalized spacial score (nSPS) is 11.5. The fraction of sp³-hybridized carbons (Fsp3) is 0.857. The minimum absolute atomic E-state index is 0. The van der Waals surface area contributed by atoms with E-state index in [1.54, 1.807) is 0 Å². The van der Waals surface area contributed by atoms with Gasteiger partial charge in [0.2, 0.25) is 12.7 Å². The van der Waals surface area contributed by atoms with Crippen molar-refractivity contribution in [2.24, 2.45) is 14.1 Å². The first-order valence-electron chi connectivity index (χ1n) is 21.5. The first-order valence-corrected chi connectivity index (χ1v) is 22.9. The standard InChI is InChI=1S/2C20H39N2.C2H2F4O3S.ClH/c2*1-3-4-5-6-7-8-9-10-11-12-13-14-15-16-17-22-19-18-21(2)20-22;3-1(4)2(5,6)10(7,8)9;/h2*18-20H,3-17H2,1-2H3;1H,(H,7,8,9);1H/q2*+1;;/p-2. The van der Waals surface area contributed by atoms with Crippen molar-refractivity contribution >= 4 is 10.1 Å². The maximum Gasteiger partial charge on any atom is 0.393 e. The summed E-state index contributed by atoms with van der Waals surface area (Å²) in [6.07, 6.45) is 48.6. The molecule has 0 fully saturated rings. The van der Waals surface area contributed by atoms with E-state index in [9.17, 15) is 30.5 Å². The van der Waals surface area contributed by atoms with E-state index >= 15 is 0 Å². The highest BCUT2D eigenvalue weighted by atomic mass is 35.5. The molecule has 0 aliphatic heterocycles. The molecule has 0 bridgehead atoms. The zero-order valence-corrected chi connectivity index (χ0v) is 36.6. The molecular weight excluding hydrogens is 752 g/mol. The van der Waals surface area contributed by atoms with E-state index in [0.717, 1.165) is 0 Å². The van der Waals surface area contributed by atoms with E-state index in [-0.39, 0.29) is 12.4 Å². The van der Waals surface area contributed by atoms with Crippen molar-refractivity contribution in [3.8, 4) is 0 Å². The highest BCUT2D eigenvalue weighted by molar-refractivity contribution is 7.86. The third-order valence-electron chi connectivity index (χ3n) is 9.77. The van der Waals surface area contributed by atoms with Gasteiger partial charge in [-0.3, -0.25) is 0 Å². The molecule has 0 saturated carbocycles. The zero-order valence-electron chi connectivity index (χ0n) is 35.1. The van der Waals surface area contributed by atoms with Crippen molar-refractivity contribution in [3.05, 3.63) is 37.4 Å². The fourth-order valence-electron chi connectivity index (χ4n) is 6.35. The van der Waals surface area contributed by atoms with Crippen LogP contribution in [0.15, 0.2) is 37.4 Å². The van der Waals surface area contributed by atoms with Crippen LogP contribution in [0.2, 0.25) is 0 Å². The average molecular weight is 832 g/mol. The van der Waals surface area contributed by atoms with Crippen molar-refractivity contribution in [1.29, 1.82) is 0 Å². The van der Waals surface area contributed by atoms with Gasteiger partial charge in [0.05, 0.1) is 27.2 Å². The van der Waals surface area contributed by atoms with E-state index in [1.807, 2.05) is 0 Å². The Morgan fingerprint density at radius 3 is 0.927 bits per heavy atom. The molecule has 0 radical (unpaired) electrons. The minimum Gasteiger partial charge on any atom is -1.00 e. The molecule has 55 heavy (non-hydrogen) atoms. The van der Waals surface area contributed by atoms with Crippen molar-refractivity contribution in [2.45, 2.75) is 218 Å². The van der Waals surface area contributed by atoms with Gasteiger partial charge in [-0.15, -0.1) is 0 Å². The molecule has 7 nitrogen and oxygen atoms in total. The number of alkyl halides is 4. The maximum atomic E-state index is 11.4. The number of aromatic nitrogens is 4. The lowest BCUT2D eigenvalue weighted by Crippen LogP contribution is -3.00. The summed E-state index contributed by atoms with van der Waals surface area (Å²) in [5.41, 5.74) is 0. The quantitative estimate of drug-likeness (QED) is 0.0320. The van der Waals surface area contributed by atoms with Crippen molar-refractivity contribution in [3.63, 3.8) is 0 Å². The molecule has 0 N–H and O–H groups in total. The summed E-state index contributed by atoms with van der Waals surface area (Å²) in [5, 5.41) is -5.48. The summed E-state index contributed by atoms with van der Waals surface area (Å²) >= 11 is 0. The number of hydrogen-bond acceptors (Lipinski definition) is 3. The average Bonchev–Trinajstić information content (AvgIpc) is 3.75. The first kappa shape index (κ1) is 55.4. The zero-order chi connectivity index (χ0) is 40.3. The second-order valence-electron chi connectivity index (χ2n) is 15.1. The van der Waals surface area contributed by atoms with E-state index in [1.165, 1.54) is 193 Å². The van der Waals surface area contributed by atoms with Crippen LogP contribution in [0.4, 0.5) is 17.6 Å². The molecule has 2 aromatic heterocycles. The lowest BCUT2D eigenvalue weighted by atomic mass is 10.0. The molecule has 0 aliphatic rings. The van der Waals surface area contributed by atoms with Gasteiger partial charge in [0.1, 0.15) is 24.8 Å². The Morgan fingerprint density at radius 2 is 0.764 bits per heavy atom. The van der Waals surface area contributed by atoms with Crippen LogP contribution in [0.3, 0.4) is 0 Å². The Hall–Kier alpha value is -1.66. The second-order valence-corrected chi connectivity index (χ2v) is 16.6. The molecular formula is C42H79ClF4N4O3S. The largest absolute Gasteiger partial charge is 1.00 e. The van der Waals surface area contributed by atoms with Gasteiger partial charge in [0, 0.05) is 0 Å². The van der Waals surface area contributed by atoms with Crippen LogP contribution < -0.4 is 21.5 Å². The number of rotatable bonds is 32. The predicted molar refractivity (Wildman–Crippen MR) is 212 cm³/mol. The van der Waals surface area contributed by atoms with E-state index in [2.05, 4.69) is 83.7 Å². The monoisotopic (exact) mass is 831 g/mol. The molecule has 13 heteroatoms. The Kier molecular flexibility index (Phi) is 37.0. The SMILES string of the molecule is CCCCCCCCCCCCCCCC[n+]1ccn(C)c1.CCCCCCCCCCCCCCCC[n+]1ccn(C)c1.O=S(=O)([O-])C(F)(F)C(F)F.[Cl-]. The van der Waals surface area contributed by atoms with Crippen LogP contribution in [-0.4, -0.2) is 33.8 Å². The summed E-state index contributed by atoms with van der Waals surface area (Å²) in [6.45, 7) is 6.94. The number of imidazole rings is 2. The molecule has 2 rings (SSSR count). The lowest BCUT2D eigenvalue weighted by molar-refractivity contribution is -0.697. The molecule has 326 valence electrons. The van der Waals surface area contributed by atoms with Crippen LogP contribution in [0, 0.1) is 0 Å². The van der Waals surface area contributed by atoms with E-state index in [0.29, 0.717) is 0 Å². The fourth-order valence-corrected chi connectivity index (χ4v) is 6.57. The smallest absolute Gasteiger partial charge is 0.393 e. The van der Waals surface area contributed by atoms with Crippen LogP contribution in [0.25, 0.3) is 0 Å². The van der Waals surface area contributed by atoms with Crippen LogP contribution in [-0.2, 0) is 37.3 Å². The Labute approximate surface area is 340 Å².